The number of halogens is 3. The van der Waals surface area contributed by atoms with Gasteiger partial charge in [0.1, 0.15) is 5.75 Å². The van der Waals surface area contributed by atoms with Gasteiger partial charge in [0.25, 0.3) is 0 Å². The Morgan fingerprint density at radius 2 is 2.17 bits per heavy atom. The topological polar surface area (TPSA) is 52.6 Å². The van der Waals surface area contributed by atoms with Crippen molar-refractivity contribution in [2.75, 3.05) is 6.61 Å². The van der Waals surface area contributed by atoms with Crippen LogP contribution in [0.25, 0.3) is 0 Å². The maximum atomic E-state index is 12.2. The molecule has 1 aromatic carbocycles. The first-order valence-corrected chi connectivity index (χ1v) is 5.69. The van der Waals surface area contributed by atoms with Gasteiger partial charge in [0.2, 0.25) is 0 Å². The lowest BCUT2D eigenvalue weighted by Gasteiger charge is -2.10. The van der Waals surface area contributed by atoms with Gasteiger partial charge in [-0.1, -0.05) is 0 Å². The van der Waals surface area contributed by atoms with E-state index < -0.39 is 12.6 Å². The molecule has 0 N–H and O–H groups in total. The maximum absolute atomic E-state index is 12.2. The van der Waals surface area contributed by atoms with Crippen molar-refractivity contribution < 1.29 is 27.8 Å². The van der Waals surface area contributed by atoms with Gasteiger partial charge in [-0.2, -0.15) is 8.78 Å². The van der Waals surface area contributed by atoms with Gasteiger partial charge in [-0.15, -0.1) is 0 Å². The van der Waals surface area contributed by atoms with Crippen molar-refractivity contribution in [2.24, 2.45) is 0 Å². The van der Waals surface area contributed by atoms with Crippen molar-refractivity contribution in [3.8, 4) is 5.75 Å². The van der Waals surface area contributed by atoms with Gasteiger partial charge in [0.15, 0.2) is 6.29 Å². The van der Waals surface area contributed by atoms with E-state index in [2.05, 4.69) is 20.7 Å². The number of aldehydes is 1. The molecule has 0 aliphatic carbocycles. The molecule has 0 saturated carbocycles. The van der Waals surface area contributed by atoms with Crippen LogP contribution in [-0.2, 0) is 4.74 Å². The van der Waals surface area contributed by atoms with Gasteiger partial charge < -0.3 is 9.47 Å². The minimum Gasteiger partial charge on any atom is -0.462 e. The summed E-state index contributed by atoms with van der Waals surface area (Å²) in [7, 11) is 0. The molecule has 0 unspecified atom stereocenters. The summed E-state index contributed by atoms with van der Waals surface area (Å²) in [5.74, 6) is -1.06. The van der Waals surface area contributed by atoms with Gasteiger partial charge in [-0.25, -0.2) is 4.79 Å². The highest BCUT2D eigenvalue weighted by atomic mass is 79.9. The van der Waals surface area contributed by atoms with Gasteiger partial charge in [-0.05, 0) is 35.0 Å². The quantitative estimate of drug-likeness (QED) is 0.617. The number of benzene rings is 1. The maximum Gasteiger partial charge on any atom is 0.387 e. The molecular weight excluding hydrogens is 314 g/mol. The SMILES string of the molecule is CCOC(=O)c1cc(OC(F)F)c(C=O)cc1Br. The molecule has 0 heterocycles. The lowest BCUT2D eigenvalue weighted by atomic mass is 10.1. The third kappa shape index (κ3) is 3.49. The molecule has 0 saturated heterocycles. The fourth-order valence-electron chi connectivity index (χ4n) is 1.22. The van der Waals surface area contributed by atoms with Gasteiger partial charge in [0, 0.05) is 4.47 Å². The Hall–Kier alpha value is -1.50. The Kier molecular flexibility index (Phi) is 5.21. The summed E-state index contributed by atoms with van der Waals surface area (Å²) in [6, 6.07) is 2.26. The van der Waals surface area contributed by atoms with E-state index in [4.69, 9.17) is 4.74 Å². The van der Waals surface area contributed by atoms with E-state index in [1.54, 1.807) is 6.92 Å². The van der Waals surface area contributed by atoms with Crippen LogP contribution in [0.2, 0.25) is 0 Å². The standard InChI is InChI=1S/C11H9BrF2O4/c1-2-17-10(16)7-4-9(18-11(13)14)6(5-15)3-8(7)12/h3-5,11H,2H2,1H3. The van der Waals surface area contributed by atoms with E-state index in [9.17, 15) is 18.4 Å². The zero-order chi connectivity index (χ0) is 13.7. The molecule has 0 aromatic heterocycles. The summed E-state index contributed by atoms with van der Waals surface area (Å²) < 4.78 is 33.5. The van der Waals surface area contributed by atoms with E-state index in [1.165, 1.54) is 6.07 Å². The Morgan fingerprint density at radius 3 is 2.67 bits per heavy atom. The largest absolute Gasteiger partial charge is 0.462 e. The summed E-state index contributed by atoms with van der Waals surface area (Å²) in [6.45, 7) is -1.33. The van der Waals surface area contributed by atoms with Crippen molar-refractivity contribution in [3.63, 3.8) is 0 Å². The number of carbonyl (C=O) groups is 2. The molecule has 0 atom stereocenters. The normalized spacial score (nSPS) is 10.3. The van der Waals surface area contributed by atoms with Crippen LogP contribution in [0.3, 0.4) is 0 Å². The molecule has 1 rings (SSSR count). The predicted octanol–water partition coefficient (Wildman–Crippen LogP) is 3.04. The minimum absolute atomic E-state index is 0.0121. The highest BCUT2D eigenvalue weighted by Crippen LogP contribution is 2.28. The molecule has 0 fully saturated rings. The van der Waals surface area contributed by atoms with E-state index in [1.807, 2.05) is 0 Å². The smallest absolute Gasteiger partial charge is 0.387 e. The number of carbonyl (C=O) groups excluding carboxylic acids is 2. The molecule has 1 aromatic rings. The van der Waals surface area contributed by atoms with Crippen LogP contribution >= 0.6 is 15.9 Å². The average molecular weight is 323 g/mol. The molecule has 98 valence electrons. The first kappa shape index (κ1) is 14.6. The molecule has 0 aliphatic rings. The molecule has 0 bridgehead atoms. The number of rotatable bonds is 5. The Morgan fingerprint density at radius 1 is 1.50 bits per heavy atom. The number of esters is 1. The second kappa shape index (κ2) is 6.44. The summed E-state index contributed by atoms with van der Waals surface area (Å²) in [4.78, 5) is 22.2. The number of alkyl halides is 2. The monoisotopic (exact) mass is 322 g/mol. The van der Waals surface area contributed by atoms with Crippen molar-refractivity contribution in [2.45, 2.75) is 13.5 Å². The van der Waals surface area contributed by atoms with Crippen molar-refractivity contribution >= 4 is 28.2 Å². The molecule has 0 spiro atoms. The molecule has 18 heavy (non-hydrogen) atoms. The van der Waals surface area contributed by atoms with Crippen LogP contribution < -0.4 is 4.74 Å². The zero-order valence-electron chi connectivity index (χ0n) is 9.28. The lowest BCUT2D eigenvalue weighted by Crippen LogP contribution is -2.09. The first-order valence-electron chi connectivity index (χ1n) is 4.90. The van der Waals surface area contributed by atoms with Crippen LogP contribution in [0, 0.1) is 0 Å². The molecule has 0 radical (unpaired) electrons. The zero-order valence-corrected chi connectivity index (χ0v) is 10.9. The third-order valence-corrected chi connectivity index (χ3v) is 2.59. The molecule has 4 nitrogen and oxygen atoms in total. The van der Waals surface area contributed by atoms with Gasteiger partial charge >= 0.3 is 12.6 Å². The van der Waals surface area contributed by atoms with Crippen molar-refractivity contribution in [1.82, 2.24) is 0 Å². The molecular formula is C11H9BrF2O4. The predicted molar refractivity (Wildman–Crippen MR) is 62.1 cm³/mol. The average Bonchev–Trinajstić information content (AvgIpc) is 2.30. The van der Waals surface area contributed by atoms with E-state index in [0.717, 1.165) is 6.07 Å². The summed E-state index contributed by atoms with van der Waals surface area (Å²) in [6.07, 6.45) is 0.359. The Labute approximate surface area is 110 Å². The minimum atomic E-state index is -3.08. The fraction of sp³-hybridized carbons (Fsp3) is 0.273. The van der Waals surface area contributed by atoms with Crippen LogP contribution in [0.15, 0.2) is 16.6 Å². The Balaban J connectivity index is 3.20. The van der Waals surface area contributed by atoms with E-state index >= 15 is 0 Å². The van der Waals surface area contributed by atoms with E-state index in [0.29, 0.717) is 6.29 Å². The number of hydrogen-bond donors (Lipinski definition) is 0. The Bertz CT molecular complexity index is 463. The highest BCUT2D eigenvalue weighted by Gasteiger charge is 2.18. The number of ether oxygens (including phenoxy) is 2. The lowest BCUT2D eigenvalue weighted by molar-refractivity contribution is -0.0501. The molecule has 0 aliphatic heterocycles. The number of hydrogen-bond acceptors (Lipinski definition) is 4. The highest BCUT2D eigenvalue weighted by molar-refractivity contribution is 9.10. The van der Waals surface area contributed by atoms with Crippen molar-refractivity contribution in [3.05, 3.63) is 27.7 Å². The van der Waals surface area contributed by atoms with Gasteiger partial charge in [-0.3, -0.25) is 4.79 Å². The van der Waals surface area contributed by atoms with Crippen molar-refractivity contribution in [1.29, 1.82) is 0 Å². The second-order valence-corrected chi connectivity index (χ2v) is 3.94. The molecule has 0 amide bonds. The van der Waals surface area contributed by atoms with Crippen LogP contribution in [0.5, 0.6) is 5.75 Å². The van der Waals surface area contributed by atoms with Gasteiger partial charge in [0.05, 0.1) is 17.7 Å². The van der Waals surface area contributed by atoms with Crippen LogP contribution in [0.4, 0.5) is 8.78 Å². The first-order chi connectivity index (χ1) is 8.49. The van der Waals surface area contributed by atoms with Crippen LogP contribution in [0.1, 0.15) is 27.6 Å². The molecule has 7 heteroatoms. The second-order valence-electron chi connectivity index (χ2n) is 3.09. The summed E-state index contributed by atoms with van der Waals surface area (Å²) in [5, 5.41) is 0. The van der Waals surface area contributed by atoms with E-state index in [-0.39, 0.29) is 28.0 Å². The fourth-order valence-corrected chi connectivity index (χ4v) is 1.75. The third-order valence-electron chi connectivity index (χ3n) is 1.94. The van der Waals surface area contributed by atoms with Crippen LogP contribution in [-0.4, -0.2) is 25.5 Å². The summed E-state index contributed by atoms with van der Waals surface area (Å²) >= 11 is 3.06. The summed E-state index contributed by atoms with van der Waals surface area (Å²) in [5.41, 5.74) is -0.0756.